The summed E-state index contributed by atoms with van der Waals surface area (Å²) in [6.45, 7) is 9.35. The van der Waals surface area contributed by atoms with E-state index in [1.165, 1.54) is 17.5 Å². The Bertz CT molecular complexity index is 1250. The Morgan fingerprint density at radius 2 is 1.63 bits per heavy atom. The van der Waals surface area contributed by atoms with E-state index < -0.39 is 35.8 Å². The Labute approximate surface area is 273 Å². The van der Waals surface area contributed by atoms with Crippen LogP contribution in [0.1, 0.15) is 64.5 Å². The summed E-state index contributed by atoms with van der Waals surface area (Å²) in [6, 6.07) is 17.9. The zero-order chi connectivity index (χ0) is 33.5. The molecule has 0 spiro atoms. The highest BCUT2D eigenvalue weighted by molar-refractivity contribution is 5.91. The molecule has 0 unspecified atom stereocenters. The van der Waals surface area contributed by atoms with Crippen LogP contribution in [0.4, 0.5) is 9.59 Å². The lowest BCUT2D eigenvalue weighted by Gasteiger charge is -2.32. The highest BCUT2D eigenvalue weighted by Crippen LogP contribution is 2.19. The fraction of sp³-hybridized carbons (Fsp3) is 0.543. The number of likely N-dealkylation sites (N-methyl/N-ethyl adjacent to an activating group) is 1. The summed E-state index contributed by atoms with van der Waals surface area (Å²) >= 11 is 0. The van der Waals surface area contributed by atoms with Gasteiger partial charge in [0.05, 0.1) is 0 Å². The number of benzene rings is 2. The van der Waals surface area contributed by atoms with Gasteiger partial charge in [0.15, 0.2) is 0 Å². The van der Waals surface area contributed by atoms with Crippen LogP contribution in [-0.4, -0.2) is 90.8 Å². The van der Waals surface area contributed by atoms with Crippen LogP contribution in [0, 0.1) is 0 Å². The van der Waals surface area contributed by atoms with Gasteiger partial charge in [-0.25, -0.2) is 9.59 Å². The molecule has 3 rings (SSSR count). The second-order valence-electron chi connectivity index (χ2n) is 12.7. The van der Waals surface area contributed by atoms with Gasteiger partial charge in [-0.15, -0.1) is 0 Å². The van der Waals surface area contributed by atoms with Gasteiger partial charge in [0.2, 0.25) is 11.8 Å². The van der Waals surface area contributed by atoms with Crippen molar-refractivity contribution >= 4 is 24.0 Å². The summed E-state index contributed by atoms with van der Waals surface area (Å²) in [5.41, 5.74) is 1.42. The number of amides is 4. The molecule has 4 amide bonds. The summed E-state index contributed by atoms with van der Waals surface area (Å²) in [7, 11) is 1.50. The number of nitrogens with zero attached hydrogens (tertiary/aromatic N) is 2. The normalized spacial score (nSPS) is 15.8. The zero-order valence-corrected chi connectivity index (χ0v) is 27.9. The van der Waals surface area contributed by atoms with Gasteiger partial charge in [0.25, 0.3) is 0 Å². The second kappa shape index (κ2) is 18.1. The van der Waals surface area contributed by atoms with E-state index in [0.717, 1.165) is 31.4 Å². The monoisotopic (exact) mass is 637 g/mol. The quantitative estimate of drug-likeness (QED) is 0.249. The van der Waals surface area contributed by atoms with Crippen LogP contribution >= 0.6 is 0 Å². The lowest BCUT2D eigenvalue weighted by Crippen LogP contribution is -2.55. The van der Waals surface area contributed by atoms with Crippen LogP contribution in [0.15, 0.2) is 60.7 Å². The van der Waals surface area contributed by atoms with Gasteiger partial charge in [-0.2, -0.15) is 0 Å². The van der Waals surface area contributed by atoms with Crippen LogP contribution in [0.2, 0.25) is 0 Å². The summed E-state index contributed by atoms with van der Waals surface area (Å²) in [4.78, 5) is 55.2. The molecule has 0 aromatic heterocycles. The van der Waals surface area contributed by atoms with E-state index in [0.29, 0.717) is 25.9 Å². The Kier molecular flexibility index (Phi) is 14.3. The zero-order valence-electron chi connectivity index (χ0n) is 27.9. The molecule has 11 heteroatoms. The van der Waals surface area contributed by atoms with Crippen molar-refractivity contribution in [2.75, 3.05) is 33.2 Å². The number of alkyl carbamates (subject to hydrolysis) is 1. The van der Waals surface area contributed by atoms with Crippen LogP contribution in [0.3, 0.4) is 0 Å². The molecule has 3 N–H and O–H groups in total. The highest BCUT2D eigenvalue weighted by atomic mass is 16.6. The van der Waals surface area contributed by atoms with Crippen molar-refractivity contribution in [3.8, 4) is 0 Å². The van der Waals surface area contributed by atoms with Gasteiger partial charge in [-0.3, -0.25) is 14.5 Å². The van der Waals surface area contributed by atoms with Crippen molar-refractivity contribution < 1.29 is 28.7 Å². The summed E-state index contributed by atoms with van der Waals surface area (Å²) in [5, 5.41) is 9.11. The molecular weight excluding hydrogens is 586 g/mol. The Balaban J connectivity index is 1.58. The highest BCUT2D eigenvalue weighted by Gasteiger charge is 2.35. The number of likely N-dealkylation sites (tertiary alicyclic amines) is 1. The summed E-state index contributed by atoms with van der Waals surface area (Å²) in [5.74, 6) is -0.627. The standard InChI is InChI=1S/C35H51N5O6/c1-26(39(5)34(44)46-35(2,3)4)31(41)38-30(19-12-21-37-33(43)45-25-28-16-10-7-11-17-28)32(42)40-23-13-18-29(40)24-36-22-20-27-14-8-6-9-15-27/h6-11,14-17,26,29-30,36H,12-13,18-25H2,1-5H3,(H,37,43)(H,38,41)/t26-,29-,30-/m0/s1. The topological polar surface area (TPSA) is 129 Å². The molecule has 0 aliphatic carbocycles. The summed E-state index contributed by atoms with van der Waals surface area (Å²) < 4.78 is 10.7. The van der Waals surface area contributed by atoms with Crippen LogP contribution in [0.25, 0.3) is 0 Å². The van der Waals surface area contributed by atoms with Crippen molar-refractivity contribution in [3.05, 3.63) is 71.8 Å². The fourth-order valence-electron chi connectivity index (χ4n) is 5.17. The van der Waals surface area contributed by atoms with Gasteiger partial charge in [-0.1, -0.05) is 60.7 Å². The van der Waals surface area contributed by atoms with E-state index in [9.17, 15) is 19.2 Å². The molecular formula is C35H51N5O6. The first-order valence-electron chi connectivity index (χ1n) is 16.2. The lowest BCUT2D eigenvalue weighted by atomic mass is 10.1. The third-order valence-corrected chi connectivity index (χ3v) is 7.88. The van der Waals surface area contributed by atoms with Crippen molar-refractivity contribution in [1.29, 1.82) is 0 Å². The number of rotatable bonds is 15. The molecule has 2 aromatic rings. The minimum absolute atomic E-state index is 0.00984. The van der Waals surface area contributed by atoms with Crippen molar-refractivity contribution in [1.82, 2.24) is 25.8 Å². The molecule has 1 heterocycles. The average molecular weight is 638 g/mol. The number of carbonyl (C=O) groups is 4. The maximum absolute atomic E-state index is 13.9. The maximum Gasteiger partial charge on any atom is 0.410 e. The molecule has 1 fully saturated rings. The second-order valence-corrected chi connectivity index (χ2v) is 12.7. The maximum atomic E-state index is 13.9. The minimum Gasteiger partial charge on any atom is -0.445 e. The third kappa shape index (κ3) is 12.3. The van der Waals surface area contributed by atoms with E-state index >= 15 is 0 Å². The molecule has 2 aromatic carbocycles. The molecule has 0 bridgehead atoms. The van der Waals surface area contributed by atoms with E-state index in [4.69, 9.17) is 9.47 Å². The number of ether oxygens (including phenoxy) is 2. The van der Waals surface area contributed by atoms with Crippen LogP contribution in [-0.2, 0) is 32.1 Å². The lowest BCUT2D eigenvalue weighted by molar-refractivity contribution is -0.138. The SMILES string of the molecule is C[C@@H](C(=O)N[C@@H](CCCNC(=O)OCc1ccccc1)C(=O)N1CCC[C@H]1CNCCc1ccccc1)N(C)C(=O)OC(C)(C)C. The van der Waals surface area contributed by atoms with Gasteiger partial charge in [0, 0.05) is 32.7 Å². The van der Waals surface area contributed by atoms with Gasteiger partial charge in [-0.05, 0) is 77.5 Å². The molecule has 252 valence electrons. The smallest absolute Gasteiger partial charge is 0.410 e. The first-order valence-corrected chi connectivity index (χ1v) is 16.2. The summed E-state index contributed by atoms with van der Waals surface area (Å²) in [6.07, 6.45) is 2.20. The molecule has 0 saturated carbocycles. The Morgan fingerprint density at radius 1 is 0.978 bits per heavy atom. The molecule has 11 nitrogen and oxygen atoms in total. The first kappa shape index (κ1) is 36.3. The van der Waals surface area contributed by atoms with Gasteiger partial charge >= 0.3 is 12.2 Å². The number of carbonyl (C=O) groups excluding carboxylic acids is 4. The molecule has 0 radical (unpaired) electrons. The molecule has 1 aliphatic heterocycles. The Morgan fingerprint density at radius 3 is 2.28 bits per heavy atom. The van der Waals surface area contributed by atoms with E-state index in [2.05, 4.69) is 28.1 Å². The predicted octanol–water partition coefficient (Wildman–Crippen LogP) is 4.26. The number of nitrogens with one attached hydrogen (secondary N) is 3. The van der Waals surface area contributed by atoms with E-state index in [1.807, 2.05) is 53.4 Å². The van der Waals surface area contributed by atoms with Crippen LogP contribution < -0.4 is 16.0 Å². The van der Waals surface area contributed by atoms with Gasteiger partial charge < -0.3 is 30.3 Å². The van der Waals surface area contributed by atoms with Gasteiger partial charge in [0.1, 0.15) is 24.3 Å². The van der Waals surface area contributed by atoms with E-state index in [1.54, 1.807) is 27.7 Å². The van der Waals surface area contributed by atoms with E-state index in [-0.39, 0.29) is 25.1 Å². The van der Waals surface area contributed by atoms with Crippen LogP contribution in [0.5, 0.6) is 0 Å². The fourth-order valence-corrected chi connectivity index (χ4v) is 5.17. The predicted molar refractivity (Wildman–Crippen MR) is 177 cm³/mol. The third-order valence-electron chi connectivity index (χ3n) is 7.88. The largest absolute Gasteiger partial charge is 0.445 e. The number of hydrogen-bond acceptors (Lipinski definition) is 7. The van der Waals surface area contributed by atoms with Crippen molar-refractivity contribution in [3.63, 3.8) is 0 Å². The molecule has 1 aliphatic rings. The number of hydrogen-bond donors (Lipinski definition) is 3. The first-order chi connectivity index (χ1) is 21.9. The molecule has 1 saturated heterocycles. The van der Waals surface area contributed by atoms with Crippen molar-refractivity contribution in [2.24, 2.45) is 0 Å². The Hall–Kier alpha value is -4.12. The molecule has 46 heavy (non-hydrogen) atoms. The average Bonchev–Trinajstić information content (AvgIpc) is 3.51. The minimum atomic E-state index is -0.870. The van der Waals surface area contributed by atoms with Crippen molar-refractivity contribution in [2.45, 2.75) is 90.1 Å². The molecule has 3 atom stereocenters.